The van der Waals surface area contributed by atoms with Gasteiger partial charge in [0.25, 0.3) is 0 Å². The zero-order valence-corrected chi connectivity index (χ0v) is 12.0. The molecule has 0 atom stereocenters. The van der Waals surface area contributed by atoms with Crippen LogP contribution in [0.25, 0.3) is 0 Å². The molecular weight excluding hydrogens is 356 g/mol. The fourth-order valence-electron chi connectivity index (χ4n) is 0.962. The predicted octanol–water partition coefficient (Wildman–Crippen LogP) is 3.38. The first-order valence-electron chi connectivity index (χ1n) is 5.94. The number of hydrogen-bond donors (Lipinski definition) is 0. The van der Waals surface area contributed by atoms with Crippen LogP contribution in [-0.2, 0) is 28.5 Å². The van der Waals surface area contributed by atoms with Crippen molar-refractivity contribution in [3.05, 3.63) is 25.3 Å². The van der Waals surface area contributed by atoms with Gasteiger partial charge in [0, 0.05) is 25.0 Å². The van der Waals surface area contributed by atoms with Crippen LogP contribution in [0.3, 0.4) is 0 Å². The lowest BCUT2D eigenvalue weighted by Crippen LogP contribution is -2.09. The van der Waals surface area contributed by atoms with Gasteiger partial charge in [-0.1, -0.05) is 57.7 Å². The maximum Gasteiger partial charge on any atom is 0.330 e. The van der Waals surface area contributed by atoms with Crippen LogP contribution in [-0.4, -0.2) is 56.1 Å². The molecule has 0 aliphatic heterocycles. The Bertz CT molecular complexity index is 265. The van der Waals surface area contributed by atoms with E-state index in [2.05, 4.69) is 13.2 Å². The van der Waals surface area contributed by atoms with Gasteiger partial charge in [0.1, 0.15) is 6.79 Å². The van der Waals surface area contributed by atoms with Crippen molar-refractivity contribution in [1.29, 1.82) is 0 Å². The summed E-state index contributed by atoms with van der Waals surface area (Å²) in [6.07, 6.45) is 3.42. The minimum absolute atomic E-state index is 0. The summed E-state index contributed by atoms with van der Waals surface area (Å²) in [5, 5.41) is 0. The van der Waals surface area contributed by atoms with Crippen molar-refractivity contribution >= 4 is 11.9 Å². The van der Waals surface area contributed by atoms with E-state index >= 15 is 0 Å². The van der Waals surface area contributed by atoms with Gasteiger partial charge in [-0.05, 0) is 0 Å². The summed E-state index contributed by atoms with van der Waals surface area (Å²) in [4.78, 5) is 21.3. The minimum atomic E-state index is -0.440. The Morgan fingerprint density at radius 1 is 0.630 bits per heavy atom. The fraction of sp³-hybridized carbons (Fsp3) is 0.684. The summed E-state index contributed by atoms with van der Waals surface area (Å²) in [6.45, 7) is 8.18. The topological polar surface area (TPSA) is 134 Å². The maximum atomic E-state index is 10.7. The van der Waals surface area contributed by atoms with Gasteiger partial charge in [-0.2, -0.15) is 0 Å². The van der Waals surface area contributed by atoms with Crippen molar-refractivity contribution < 1.29 is 39.5 Å². The maximum absolute atomic E-state index is 10.7. The van der Waals surface area contributed by atoms with Crippen LogP contribution in [0.2, 0.25) is 0 Å². The molecule has 0 rings (SSSR count). The Labute approximate surface area is 168 Å². The standard InChI is InChI=1S/C13H20O6.6CH4.2H2O/c1-3-12(14)18-9-5-7-16-11-17-8-6-10-19-13(15)4-2;;;;;;;;/h3-4H,1-2,5-11H2;6*1H4;2*1H2. The molecule has 0 aromatic carbocycles. The van der Waals surface area contributed by atoms with Gasteiger partial charge in [-0.15, -0.1) is 0 Å². The number of hydrogen-bond acceptors (Lipinski definition) is 6. The Morgan fingerprint density at radius 3 is 1.19 bits per heavy atom. The number of carbonyl (C=O) groups excluding carboxylic acids is 2. The summed E-state index contributed by atoms with van der Waals surface area (Å²) < 4.78 is 19.8. The molecule has 0 aromatic heterocycles. The van der Waals surface area contributed by atoms with Gasteiger partial charge >= 0.3 is 11.9 Å². The molecule has 0 saturated heterocycles. The average Bonchev–Trinajstić information content (AvgIpc) is 2.43. The van der Waals surface area contributed by atoms with Crippen molar-refractivity contribution in [2.24, 2.45) is 0 Å². The van der Waals surface area contributed by atoms with E-state index in [1.54, 1.807) is 0 Å². The Kier molecular flexibility index (Phi) is 91.8. The molecule has 0 spiro atoms. The number of ether oxygens (including phenoxy) is 4. The molecule has 27 heavy (non-hydrogen) atoms. The average molecular weight is 405 g/mol. The van der Waals surface area contributed by atoms with Crippen molar-refractivity contribution in [1.82, 2.24) is 0 Å². The van der Waals surface area contributed by atoms with E-state index in [9.17, 15) is 9.59 Å². The lowest BCUT2D eigenvalue weighted by Gasteiger charge is -2.06. The first kappa shape index (κ1) is 56.2. The molecule has 8 heteroatoms. The van der Waals surface area contributed by atoms with Gasteiger partial charge in [0.15, 0.2) is 0 Å². The molecule has 0 amide bonds. The summed E-state index contributed by atoms with van der Waals surface area (Å²) >= 11 is 0. The molecule has 0 fully saturated rings. The van der Waals surface area contributed by atoms with Crippen LogP contribution >= 0.6 is 0 Å². The summed E-state index contributed by atoms with van der Waals surface area (Å²) in [5.74, 6) is -0.879. The van der Waals surface area contributed by atoms with E-state index < -0.39 is 11.9 Å². The summed E-state index contributed by atoms with van der Waals surface area (Å²) in [5.41, 5.74) is 0. The highest BCUT2D eigenvalue weighted by Gasteiger charge is 1.96. The number of esters is 2. The minimum Gasteiger partial charge on any atom is -0.462 e. The Hall–Kier alpha value is -1.74. The first-order valence-corrected chi connectivity index (χ1v) is 5.94. The first-order chi connectivity index (χ1) is 9.20. The summed E-state index contributed by atoms with van der Waals surface area (Å²) in [7, 11) is 0. The van der Waals surface area contributed by atoms with Crippen molar-refractivity contribution in [2.75, 3.05) is 33.2 Å². The van der Waals surface area contributed by atoms with E-state index in [-0.39, 0.29) is 62.3 Å². The van der Waals surface area contributed by atoms with E-state index in [0.717, 1.165) is 12.2 Å². The van der Waals surface area contributed by atoms with E-state index in [4.69, 9.17) is 18.9 Å². The molecule has 0 aliphatic rings. The molecule has 0 bridgehead atoms. The normalized spacial score (nSPS) is 6.81. The third-order valence-electron chi connectivity index (χ3n) is 1.85. The molecule has 4 N–H and O–H groups in total. The largest absolute Gasteiger partial charge is 0.462 e. The van der Waals surface area contributed by atoms with Crippen LogP contribution in [0.15, 0.2) is 25.3 Å². The smallest absolute Gasteiger partial charge is 0.330 e. The molecule has 172 valence electrons. The fourth-order valence-corrected chi connectivity index (χ4v) is 0.962. The molecular formula is C19H48O8. The van der Waals surface area contributed by atoms with Crippen molar-refractivity contribution in [3.8, 4) is 0 Å². The lowest BCUT2D eigenvalue weighted by atomic mass is 10.5. The second kappa shape index (κ2) is 44.1. The van der Waals surface area contributed by atoms with Gasteiger partial charge in [-0.25, -0.2) is 9.59 Å². The van der Waals surface area contributed by atoms with Gasteiger partial charge in [0.2, 0.25) is 0 Å². The highest BCUT2D eigenvalue weighted by Crippen LogP contribution is 1.90. The highest BCUT2D eigenvalue weighted by atomic mass is 16.7. The van der Waals surface area contributed by atoms with Gasteiger partial charge in [0.05, 0.1) is 26.4 Å². The predicted molar refractivity (Wildman–Crippen MR) is 116 cm³/mol. The number of carbonyl (C=O) groups is 2. The quantitative estimate of drug-likeness (QED) is 0.212. The zero-order chi connectivity index (χ0) is 14.3. The molecule has 0 aliphatic carbocycles. The molecule has 8 nitrogen and oxygen atoms in total. The lowest BCUT2D eigenvalue weighted by molar-refractivity contribution is -0.138. The Balaban J connectivity index is -0.0000000579. The number of rotatable bonds is 12. The molecule has 0 aromatic rings. The molecule has 0 heterocycles. The van der Waals surface area contributed by atoms with Crippen LogP contribution in [0.1, 0.15) is 57.4 Å². The molecule has 0 saturated carbocycles. The van der Waals surface area contributed by atoms with E-state index in [1.165, 1.54) is 0 Å². The van der Waals surface area contributed by atoms with Crippen LogP contribution in [0.4, 0.5) is 0 Å². The highest BCUT2D eigenvalue weighted by molar-refractivity contribution is 5.81. The SMILES string of the molecule is C.C.C.C.C.C.C=CC(=O)OCCCOCOCCCOC(=O)C=C.O.O. The van der Waals surface area contributed by atoms with Crippen LogP contribution in [0.5, 0.6) is 0 Å². The monoisotopic (exact) mass is 404 g/mol. The Morgan fingerprint density at radius 2 is 0.926 bits per heavy atom. The van der Waals surface area contributed by atoms with Crippen LogP contribution in [0, 0.1) is 0 Å². The van der Waals surface area contributed by atoms with Gasteiger partial charge < -0.3 is 29.9 Å². The van der Waals surface area contributed by atoms with Crippen molar-refractivity contribution in [3.63, 3.8) is 0 Å². The van der Waals surface area contributed by atoms with E-state index in [0.29, 0.717) is 39.3 Å². The summed E-state index contributed by atoms with van der Waals surface area (Å²) in [6, 6.07) is 0. The third kappa shape index (κ3) is 45.5. The molecule has 0 unspecified atom stereocenters. The molecule has 0 radical (unpaired) electrons. The second-order valence-corrected chi connectivity index (χ2v) is 3.38. The van der Waals surface area contributed by atoms with Crippen molar-refractivity contribution in [2.45, 2.75) is 57.4 Å². The second-order valence-electron chi connectivity index (χ2n) is 3.38. The van der Waals surface area contributed by atoms with Gasteiger partial charge in [-0.3, -0.25) is 0 Å². The zero-order valence-electron chi connectivity index (χ0n) is 12.0. The van der Waals surface area contributed by atoms with E-state index in [1.807, 2.05) is 0 Å². The van der Waals surface area contributed by atoms with Crippen LogP contribution < -0.4 is 0 Å². The third-order valence-corrected chi connectivity index (χ3v) is 1.85.